The predicted octanol–water partition coefficient (Wildman–Crippen LogP) is 3.52. The molecule has 2 saturated heterocycles. The number of halogens is 3. The first-order chi connectivity index (χ1) is 16.7. The lowest BCUT2D eigenvalue weighted by molar-refractivity contribution is -0.137. The SMILES string of the molecule is Cc1c(NCCc2ccc(C(F)(F)F)cc2)ncnc1C(=O)N1CCC(N2CCC(O)CC2)CC1. The minimum Gasteiger partial charge on any atom is -0.393 e. The van der Waals surface area contributed by atoms with Crippen LogP contribution in [0.2, 0.25) is 0 Å². The van der Waals surface area contributed by atoms with Crippen molar-refractivity contribution in [3.8, 4) is 0 Å². The van der Waals surface area contributed by atoms with Crippen molar-refractivity contribution in [2.45, 2.75) is 57.3 Å². The van der Waals surface area contributed by atoms with Crippen molar-refractivity contribution in [1.29, 1.82) is 0 Å². The van der Waals surface area contributed by atoms with Crippen molar-refractivity contribution < 1.29 is 23.1 Å². The molecule has 3 heterocycles. The summed E-state index contributed by atoms with van der Waals surface area (Å²) in [7, 11) is 0. The van der Waals surface area contributed by atoms with E-state index in [0.29, 0.717) is 49.2 Å². The number of amides is 1. The average molecular weight is 492 g/mol. The Balaban J connectivity index is 1.30. The summed E-state index contributed by atoms with van der Waals surface area (Å²) in [6.07, 6.45) is 0.796. The number of likely N-dealkylation sites (tertiary alicyclic amines) is 2. The molecule has 2 N–H and O–H groups in total. The first-order valence-electron chi connectivity index (χ1n) is 12.2. The lowest BCUT2D eigenvalue weighted by Crippen LogP contribution is -2.49. The molecule has 190 valence electrons. The van der Waals surface area contributed by atoms with Gasteiger partial charge < -0.3 is 20.2 Å². The summed E-state index contributed by atoms with van der Waals surface area (Å²) in [5, 5.41) is 12.9. The molecule has 7 nitrogen and oxygen atoms in total. The largest absolute Gasteiger partial charge is 0.416 e. The zero-order valence-corrected chi connectivity index (χ0v) is 19.9. The molecule has 10 heteroatoms. The van der Waals surface area contributed by atoms with Crippen LogP contribution >= 0.6 is 0 Å². The number of hydrogen-bond acceptors (Lipinski definition) is 6. The summed E-state index contributed by atoms with van der Waals surface area (Å²) in [4.78, 5) is 26.0. The van der Waals surface area contributed by atoms with Crippen molar-refractivity contribution in [1.82, 2.24) is 19.8 Å². The number of aliphatic hydroxyl groups excluding tert-OH is 1. The summed E-state index contributed by atoms with van der Waals surface area (Å²) in [6.45, 7) is 5.43. The number of benzene rings is 1. The Morgan fingerprint density at radius 2 is 1.71 bits per heavy atom. The highest BCUT2D eigenvalue weighted by Crippen LogP contribution is 2.29. The number of alkyl halides is 3. The van der Waals surface area contributed by atoms with Crippen molar-refractivity contribution in [2.24, 2.45) is 0 Å². The van der Waals surface area contributed by atoms with Gasteiger partial charge in [0.1, 0.15) is 17.8 Å². The summed E-state index contributed by atoms with van der Waals surface area (Å²) < 4.78 is 38.2. The highest BCUT2D eigenvalue weighted by atomic mass is 19.4. The zero-order chi connectivity index (χ0) is 25.0. The van der Waals surface area contributed by atoms with Crippen LogP contribution in [0.3, 0.4) is 0 Å². The Labute approximate surface area is 203 Å². The van der Waals surface area contributed by atoms with Gasteiger partial charge in [-0.1, -0.05) is 12.1 Å². The molecule has 2 fully saturated rings. The van der Waals surface area contributed by atoms with Gasteiger partial charge in [-0.15, -0.1) is 0 Å². The normalized spacial score (nSPS) is 18.6. The van der Waals surface area contributed by atoms with E-state index in [1.54, 1.807) is 6.92 Å². The number of piperidine rings is 2. The molecular formula is C25H32F3N5O2. The first-order valence-corrected chi connectivity index (χ1v) is 12.2. The van der Waals surface area contributed by atoms with E-state index in [9.17, 15) is 23.1 Å². The van der Waals surface area contributed by atoms with E-state index in [4.69, 9.17) is 0 Å². The van der Waals surface area contributed by atoms with Gasteiger partial charge in [0.05, 0.1) is 11.7 Å². The van der Waals surface area contributed by atoms with Gasteiger partial charge in [-0.25, -0.2) is 9.97 Å². The maximum atomic E-state index is 13.2. The van der Waals surface area contributed by atoms with Gasteiger partial charge in [-0.05, 0) is 56.7 Å². The third-order valence-corrected chi connectivity index (χ3v) is 7.04. The first kappa shape index (κ1) is 25.4. The van der Waals surface area contributed by atoms with Gasteiger partial charge in [0.25, 0.3) is 5.91 Å². The minimum absolute atomic E-state index is 0.108. The van der Waals surface area contributed by atoms with Crippen LogP contribution < -0.4 is 5.32 Å². The van der Waals surface area contributed by atoms with Gasteiger partial charge in [-0.2, -0.15) is 13.2 Å². The molecule has 2 aliphatic rings. The monoisotopic (exact) mass is 491 g/mol. The number of nitrogens with one attached hydrogen (secondary N) is 1. The van der Waals surface area contributed by atoms with E-state index in [2.05, 4.69) is 20.2 Å². The molecule has 2 aromatic rings. The quantitative estimate of drug-likeness (QED) is 0.644. The van der Waals surface area contributed by atoms with Gasteiger partial charge in [0.2, 0.25) is 0 Å². The minimum atomic E-state index is -4.34. The molecule has 0 radical (unpaired) electrons. The highest BCUT2D eigenvalue weighted by Gasteiger charge is 2.31. The van der Waals surface area contributed by atoms with Crippen LogP contribution in [0.15, 0.2) is 30.6 Å². The molecule has 1 aromatic carbocycles. The molecule has 1 amide bonds. The summed E-state index contributed by atoms with van der Waals surface area (Å²) in [5.74, 6) is 0.445. The lowest BCUT2D eigenvalue weighted by Gasteiger charge is -2.41. The number of nitrogens with zero attached hydrogens (tertiary/aromatic N) is 4. The Morgan fingerprint density at radius 3 is 2.34 bits per heavy atom. The molecule has 0 unspecified atom stereocenters. The van der Waals surface area contributed by atoms with E-state index in [-0.39, 0.29) is 12.0 Å². The van der Waals surface area contributed by atoms with Crippen molar-refractivity contribution in [3.63, 3.8) is 0 Å². The number of hydrogen-bond donors (Lipinski definition) is 2. The van der Waals surface area contributed by atoms with E-state index < -0.39 is 11.7 Å². The maximum Gasteiger partial charge on any atom is 0.416 e. The third-order valence-electron chi connectivity index (χ3n) is 7.04. The molecular weight excluding hydrogens is 459 g/mol. The standard InChI is InChI=1S/C25H32F3N5O2/c1-17-22(24(35)33-12-7-20(8-13-33)32-14-9-21(34)10-15-32)30-16-31-23(17)29-11-6-18-2-4-19(5-3-18)25(26,27)28/h2-5,16,20-21,34H,6-15H2,1H3,(H,29,30,31). The fourth-order valence-electron chi connectivity index (χ4n) is 4.86. The van der Waals surface area contributed by atoms with Crippen LogP contribution in [0.5, 0.6) is 0 Å². The Hall–Kier alpha value is -2.72. The lowest BCUT2D eigenvalue weighted by atomic mass is 9.98. The topological polar surface area (TPSA) is 81.6 Å². The van der Waals surface area contributed by atoms with Crippen molar-refractivity contribution in [3.05, 3.63) is 53.0 Å². The van der Waals surface area contributed by atoms with Gasteiger partial charge in [0.15, 0.2) is 0 Å². The molecule has 0 bridgehead atoms. The zero-order valence-electron chi connectivity index (χ0n) is 19.9. The number of aliphatic hydroxyl groups is 1. The number of anilines is 1. The average Bonchev–Trinajstić information content (AvgIpc) is 2.85. The number of aromatic nitrogens is 2. The number of rotatable bonds is 6. The second-order valence-corrected chi connectivity index (χ2v) is 9.36. The van der Waals surface area contributed by atoms with Crippen LogP contribution in [0.1, 0.15) is 52.9 Å². The molecule has 35 heavy (non-hydrogen) atoms. The second kappa shape index (κ2) is 10.9. The summed E-state index contributed by atoms with van der Waals surface area (Å²) in [6, 6.07) is 5.56. The van der Waals surface area contributed by atoms with Gasteiger partial charge in [-0.3, -0.25) is 4.79 Å². The van der Waals surface area contributed by atoms with Crippen LogP contribution in [0.25, 0.3) is 0 Å². The molecule has 0 spiro atoms. The molecule has 4 rings (SSSR count). The number of carbonyl (C=O) groups excluding carboxylic acids is 1. The molecule has 0 atom stereocenters. The predicted molar refractivity (Wildman–Crippen MR) is 126 cm³/mol. The van der Waals surface area contributed by atoms with Crippen molar-refractivity contribution >= 4 is 11.7 Å². The third kappa shape index (κ3) is 6.29. The molecule has 0 aliphatic carbocycles. The van der Waals surface area contributed by atoms with Crippen LogP contribution in [0, 0.1) is 6.92 Å². The maximum absolute atomic E-state index is 13.2. The smallest absolute Gasteiger partial charge is 0.393 e. The van der Waals surface area contributed by atoms with E-state index in [0.717, 1.165) is 56.5 Å². The molecule has 2 aliphatic heterocycles. The Morgan fingerprint density at radius 1 is 1.06 bits per heavy atom. The van der Waals surface area contributed by atoms with E-state index in [1.165, 1.54) is 18.5 Å². The Bertz CT molecular complexity index is 999. The second-order valence-electron chi connectivity index (χ2n) is 9.36. The highest BCUT2D eigenvalue weighted by molar-refractivity contribution is 5.94. The summed E-state index contributed by atoms with van der Waals surface area (Å²) in [5.41, 5.74) is 1.15. The summed E-state index contributed by atoms with van der Waals surface area (Å²) >= 11 is 0. The number of carbonyl (C=O) groups is 1. The van der Waals surface area contributed by atoms with Gasteiger partial charge >= 0.3 is 6.18 Å². The van der Waals surface area contributed by atoms with E-state index in [1.807, 2.05) is 4.90 Å². The van der Waals surface area contributed by atoms with Crippen LogP contribution in [-0.4, -0.2) is 75.7 Å². The molecule has 0 saturated carbocycles. The van der Waals surface area contributed by atoms with Gasteiger partial charge in [0, 0.05) is 44.3 Å². The van der Waals surface area contributed by atoms with Crippen LogP contribution in [-0.2, 0) is 12.6 Å². The van der Waals surface area contributed by atoms with E-state index >= 15 is 0 Å². The fraction of sp³-hybridized carbons (Fsp3) is 0.560. The fourth-order valence-corrected chi connectivity index (χ4v) is 4.86. The molecule has 1 aromatic heterocycles. The Kier molecular flexibility index (Phi) is 7.91. The van der Waals surface area contributed by atoms with Crippen LogP contribution in [0.4, 0.5) is 19.0 Å². The van der Waals surface area contributed by atoms with Crippen molar-refractivity contribution in [2.75, 3.05) is 38.0 Å².